The number of aromatic nitrogens is 3. The van der Waals surface area contributed by atoms with Crippen molar-refractivity contribution >= 4 is 28.5 Å². The summed E-state index contributed by atoms with van der Waals surface area (Å²) < 4.78 is 16.7. The Hall–Kier alpha value is -3.57. The molecule has 0 radical (unpaired) electrons. The van der Waals surface area contributed by atoms with Crippen molar-refractivity contribution in [2.24, 2.45) is 17.4 Å². The molecule has 9 nitrogen and oxygen atoms in total. The molecule has 1 aliphatic carbocycles. The predicted molar refractivity (Wildman–Crippen MR) is 188 cm³/mol. The fourth-order valence-electron chi connectivity index (χ4n) is 6.89. The first-order chi connectivity index (χ1) is 22.7. The fourth-order valence-corrected chi connectivity index (χ4v) is 7.13. The second-order valence-electron chi connectivity index (χ2n) is 13.6. The number of H-pyrrole nitrogens is 1. The van der Waals surface area contributed by atoms with E-state index in [9.17, 15) is 4.79 Å². The topological polar surface area (TPSA) is 151 Å². The molecule has 2 aliphatic rings. The molecule has 0 bridgehead atoms. The van der Waals surface area contributed by atoms with E-state index in [1.165, 1.54) is 23.0 Å². The molecule has 3 heterocycles. The molecule has 1 aliphatic heterocycles. The number of hydrogen-bond donors (Lipinski definition) is 6. The molecule has 0 unspecified atom stereocenters. The summed E-state index contributed by atoms with van der Waals surface area (Å²) in [5, 5.41) is 16.0. The zero-order chi connectivity index (χ0) is 33.1. The van der Waals surface area contributed by atoms with Crippen LogP contribution < -0.4 is 27.8 Å². The third-order valence-corrected chi connectivity index (χ3v) is 9.81. The lowest BCUT2D eigenvalue weighted by molar-refractivity contribution is 0.286. The van der Waals surface area contributed by atoms with Gasteiger partial charge in [-0.3, -0.25) is 9.98 Å². The number of hydrogen-bond acceptors (Lipinski definition) is 6. The Bertz CT molecular complexity index is 1760. The minimum Gasteiger partial charge on any atom is -0.370 e. The lowest BCUT2D eigenvalue weighted by Crippen LogP contribution is -2.45. The van der Waals surface area contributed by atoms with Gasteiger partial charge in [0.2, 0.25) is 0 Å². The summed E-state index contributed by atoms with van der Waals surface area (Å²) >= 11 is 6.28. The normalized spacial score (nSPS) is 19.5. The van der Waals surface area contributed by atoms with Gasteiger partial charge in [0, 0.05) is 41.3 Å². The molecule has 4 atom stereocenters. The number of halogens is 2. The number of aryl methyl sites for hydroxylation is 1. The van der Waals surface area contributed by atoms with Gasteiger partial charge in [-0.15, -0.1) is 0 Å². The molecule has 250 valence electrons. The van der Waals surface area contributed by atoms with Crippen LogP contribution in [0.15, 0.2) is 53.5 Å². The Balaban J connectivity index is 1.17. The summed E-state index contributed by atoms with van der Waals surface area (Å²) in [6.07, 6.45) is 12.2. The van der Waals surface area contributed by atoms with Gasteiger partial charge in [0.1, 0.15) is 11.5 Å². The van der Waals surface area contributed by atoms with Crippen LogP contribution in [-0.2, 0) is 6.42 Å². The standard InChI is InChI=1S/C36H46ClFN8O/c1-21(40)4-2-5-23-15-29(34(38)30(37)16-23)32-17-25-20-46(36(47)45-35(25)44-32)28-12-10-24(11-13-28)31-7-3-6-26(42-31)18-27(14-22-8-9-22)43-33(41)19-39/h10-13,15-17,20-22,26-27,31,42H,2-9,14,18-19,39-40H2,1H3,(H2,41,43)(H,44,45,47)/t21-,26-,27+,31-/m0/s1. The molecule has 2 aromatic carbocycles. The van der Waals surface area contributed by atoms with Gasteiger partial charge in [-0.25, -0.2) is 9.18 Å². The van der Waals surface area contributed by atoms with E-state index >= 15 is 4.39 Å². The van der Waals surface area contributed by atoms with Crippen molar-refractivity contribution in [1.82, 2.24) is 25.2 Å². The summed E-state index contributed by atoms with van der Waals surface area (Å²) in [5.41, 5.74) is 15.2. The van der Waals surface area contributed by atoms with E-state index < -0.39 is 11.5 Å². The highest BCUT2D eigenvalue weighted by Crippen LogP contribution is 2.36. The van der Waals surface area contributed by atoms with Crippen LogP contribution in [0.25, 0.3) is 28.0 Å². The Morgan fingerprint density at radius 3 is 2.68 bits per heavy atom. The van der Waals surface area contributed by atoms with Gasteiger partial charge in [-0.1, -0.05) is 43.0 Å². The maximum absolute atomic E-state index is 15.2. The van der Waals surface area contributed by atoms with Gasteiger partial charge < -0.3 is 27.1 Å². The van der Waals surface area contributed by atoms with Crippen LogP contribution in [0.3, 0.4) is 0 Å². The molecule has 47 heavy (non-hydrogen) atoms. The average Bonchev–Trinajstić information content (AvgIpc) is 3.78. The number of piperidine rings is 1. The monoisotopic (exact) mass is 660 g/mol. The van der Waals surface area contributed by atoms with Gasteiger partial charge in [0.25, 0.3) is 0 Å². The molecule has 8 N–H and O–H groups in total. The average molecular weight is 661 g/mol. The number of nitrogens with one attached hydrogen (secondary N) is 4. The maximum Gasteiger partial charge on any atom is 0.354 e. The van der Waals surface area contributed by atoms with Crippen LogP contribution in [0, 0.1) is 17.1 Å². The number of fused-ring (bicyclic) bond motifs is 1. The highest BCUT2D eigenvalue weighted by molar-refractivity contribution is 6.31. The van der Waals surface area contributed by atoms with E-state index in [0.29, 0.717) is 39.9 Å². The zero-order valence-corrected chi connectivity index (χ0v) is 27.8. The van der Waals surface area contributed by atoms with Gasteiger partial charge in [-0.05, 0) is 99.2 Å². The highest BCUT2D eigenvalue weighted by Gasteiger charge is 2.30. The molecule has 1 saturated carbocycles. The number of nitrogens with two attached hydrogens (primary N) is 2. The van der Waals surface area contributed by atoms with Crippen molar-refractivity contribution in [3.05, 3.63) is 81.1 Å². The summed E-state index contributed by atoms with van der Waals surface area (Å²) in [4.78, 5) is 20.5. The molecule has 4 aromatic rings. The third kappa shape index (κ3) is 8.30. The predicted octanol–water partition coefficient (Wildman–Crippen LogP) is 6.11. The van der Waals surface area contributed by atoms with E-state index in [2.05, 4.69) is 32.7 Å². The van der Waals surface area contributed by atoms with Crippen LogP contribution >= 0.6 is 11.6 Å². The van der Waals surface area contributed by atoms with Gasteiger partial charge in [0.05, 0.1) is 22.9 Å². The Morgan fingerprint density at radius 1 is 1.17 bits per heavy atom. The van der Waals surface area contributed by atoms with Gasteiger partial charge in [-0.2, -0.15) is 4.98 Å². The van der Waals surface area contributed by atoms with Crippen LogP contribution in [0.5, 0.6) is 0 Å². The molecule has 2 aromatic heterocycles. The fraction of sp³-hybridized carbons (Fsp3) is 0.472. The smallest absolute Gasteiger partial charge is 0.354 e. The molecular formula is C36H46ClFN8O. The third-order valence-electron chi connectivity index (χ3n) is 9.53. The first-order valence-corrected chi connectivity index (χ1v) is 17.3. The Morgan fingerprint density at radius 2 is 1.96 bits per heavy atom. The van der Waals surface area contributed by atoms with Crippen LogP contribution in [0.4, 0.5) is 4.39 Å². The quantitative estimate of drug-likeness (QED) is 0.0752. The highest BCUT2D eigenvalue weighted by atomic mass is 35.5. The van der Waals surface area contributed by atoms with E-state index in [1.54, 1.807) is 24.4 Å². The lowest BCUT2D eigenvalue weighted by atomic mass is 9.89. The van der Waals surface area contributed by atoms with Crippen molar-refractivity contribution in [1.29, 1.82) is 5.41 Å². The minimum atomic E-state index is -0.511. The van der Waals surface area contributed by atoms with Gasteiger partial charge in [0.15, 0.2) is 5.82 Å². The van der Waals surface area contributed by atoms with Crippen molar-refractivity contribution in [3.8, 4) is 16.9 Å². The SMILES string of the molecule is C[C@H](N)CCCc1cc(Cl)c(F)c(-c2cc3cn(-c4ccc([C@@H]5CCC[C@@H](C[C@@H](CC6CC6)NC(=N)CN)N5)cc4)c(=O)nc3[nH]2)c1. The minimum absolute atomic E-state index is 0.0604. The van der Waals surface area contributed by atoms with E-state index in [1.807, 2.05) is 19.1 Å². The first kappa shape index (κ1) is 33.3. The second kappa shape index (κ2) is 14.7. The molecule has 6 rings (SSSR count). The van der Waals surface area contributed by atoms with Crippen molar-refractivity contribution in [2.45, 2.75) is 95.3 Å². The van der Waals surface area contributed by atoms with E-state index in [-0.39, 0.29) is 29.7 Å². The molecule has 0 amide bonds. The Kier molecular flexibility index (Phi) is 10.4. The lowest BCUT2D eigenvalue weighted by Gasteiger charge is -2.34. The number of benzene rings is 2. The number of aromatic amines is 1. The second-order valence-corrected chi connectivity index (χ2v) is 14.0. The van der Waals surface area contributed by atoms with Crippen molar-refractivity contribution < 1.29 is 4.39 Å². The summed E-state index contributed by atoms with van der Waals surface area (Å²) in [6, 6.07) is 14.3. The van der Waals surface area contributed by atoms with Crippen LogP contribution in [-0.4, -0.2) is 45.0 Å². The number of nitrogens with zero attached hydrogens (tertiary/aromatic N) is 2. The van der Waals surface area contributed by atoms with E-state index in [4.69, 9.17) is 28.5 Å². The first-order valence-electron chi connectivity index (χ1n) is 16.9. The molecule has 0 spiro atoms. The van der Waals surface area contributed by atoms with Crippen LogP contribution in [0.2, 0.25) is 5.02 Å². The van der Waals surface area contributed by atoms with Gasteiger partial charge >= 0.3 is 5.69 Å². The summed E-state index contributed by atoms with van der Waals surface area (Å²) in [7, 11) is 0. The van der Waals surface area contributed by atoms with E-state index in [0.717, 1.165) is 62.8 Å². The van der Waals surface area contributed by atoms with Crippen molar-refractivity contribution in [3.63, 3.8) is 0 Å². The molecule has 2 fully saturated rings. The number of amidine groups is 1. The zero-order valence-electron chi connectivity index (χ0n) is 27.0. The summed E-state index contributed by atoms with van der Waals surface area (Å²) in [6.45, 7) is 2.21. The van der Waals surface area contributed by atoms with Crippen LogP contribution in [0.1, 0.15) is 81.9 Å². The molecule has 1 saturated heterocycles. The number of rotatable bonds is 13. The van der Waals surface area contributed by atoms with Crippen molar-refractivity contribution in [2.75, 3.05) is 6.54 Å². The largest absolute Gasteiger partial charge is 0.370 e. The molecular weight excluding hydrogens is 615 g/mol. The summed E-state index contributed by atoms with van der Waals surface area (Å²) in [5.74, 6) is 0.668. The maximum atomic E-state index is 15.2. The molecule has 11 heteroatoms. The Labute approximate surface area is 280 Å².